The molecule has 0 bridgehead atoms. The quantitative estimate of drug-likeness (QED) is 0.597. The topological polar surface area (TPSA) is 76.3 Å². The van der Waals surface area contributed by atoms with E-state index in [1.165, 1.54) is 12.3 Å². The molecule has 0 saturated carbocycles. The molecule has 0 radical (unpaired) electrons. The Morgan fingerprint density at radius 3 is 2.71 bits per heavy atom. The molecule has 2 heterocycles. The molecule has 1 aromatic rings. The Morgan fingerprint density at radius 1 is 1.52 bits per heavy atom. The van der Waals surface area contributed by atoms with E-state index in [2.05, 4.69) is 39.7 Å². The Balaban J connectivity index is 2.30. The Kier molecular flexibility index (Phi) is 4.98. The molecule has 116 valence electrons. The van der Waals surface area contributed by atoms with Gasteiger partial charge in [0.2, 0.25) is 0 Å². The zero-order chi connectivity index (χ0) is 15.6. The van der Waals surface area contributed by atoms with Crippen LogP contribution in [0.15, 0.2) is 16.7 Å². The summed E-state index contributed by atoms with van der Waals surface area (Å²) in [6.45, 7) is 5.43. The number of anilines is 1. The van der Waals surface area contributed by atoms with Crippen molar-refractivity contribution in [1.29, 1.82) is 0 Å². The number of halogens is 1. The molecule has 21 heavy (non-hydrogen) atoms. The van der Waals surface area contributed by atoms with E-state index in [0.29, 0.717) is 29.1 Å². The van der Waals surface area contributed by atoms with Crippen LogP contribution in [0, 0.1) is 10.1 Å². The third-order valence-corrected chi connectivity index (χ3v) is 6.92. The molecule has 6 nitrogen and oxygen atoms in total. The second-order valence-electron chi connectivity index (χ2n) is 5.12. The summed E-state index contributed by atoms with van der Waals surface area (Å²) in [5.41, 5.74) is -0.0385. The van der Waals surface area contributed by atoms with Crippen molar-refractivity contribution in [1.82, 2.24) is 4.98 Å². The van der Waals surface area contributed by atoms with E-state index in [1.807, 2.05) is 0 Å². The lowest BCUT2D eigenvalue weighted by molar-refractivity contribution is -0.385. The minimum absolute atomic E-state index is 0.0385. The molecule has 1 aliphatic heterocycles. The van der Waals surface area contributed by atoms with Gasteiger partial charge in [-0.25, -0.2) is 4.98 Å². The summed E-state index contributed by atoms with van der Waals surface area (Å²) in [6, 6.07) is 1.47. The number of hydrogen-bond donors (Lipinski definition) is 0. The second-order valence-corrected chi connectivity index (χ2v) is 7.94. The highest BCUT2D eigenvalue weighted by atomic mass is 79.9. The van der Waals surface area contributed by atoms with E-state index in [4.69, 9.17) is 0 Å². The van der Waals surface area contributed by atoms with Crippen molar-refractivity contribution in [2.24, 2.45) is 0 Å². The van der Waals surface area contributed by atoms with Crippen LogP contribution >= 0.6 is 15.9 Å². The molecule has 0 aromatic carbocycles. The Labute approximate surface area is 134 Å². The summed E-state index contributed by atoms with van der Waals surface area (Å²) in [7, 11) is -0.842. The van der Waals surface area contributed by atoms with Crippen LogP contribution in [-0.4, -0.2) is 37.7 Å². The summed E-state index contributed by atoms with van der Waals surface area (Å²) in [5, 5.41) is 10.8. The molecule has 0 aliphatic carbocycles. The summed E-state index contributed by atoms with van der Waals surface area (Å²) >= 11 is 3.36. The van der Waals surface area contributed by atoms with Gasteiger partial charge in [-0.2, -0.15) is 0 Å². The Morgan fingerprint density at radius 2 is 2.19 bits per heavy atom. The van der Waals surface area contributed by atoms with Gasteiger partial charge in [0.25, 0.3) is 5.69 Å². The molecule has 1 atom stereocenters. The fourth-order valence-electron chi connectivity index (χ4n) is 2.64. The lowest BCUT2D eigenvalue weighted by Gasteiger charge is -2.41. The summed E-state index contributed by atoms with van der Waals surface area (Å²) in [6.07, 6.45) is 2.96. The minimum atomic E-state index is -0.842. The van der Waals surface area contributed by atoms with Gasteiger partial charge in [-0.05, 0) is 28.8 Å². The minimum Gasteiger partial charge on any atom is -0.353 e. The maximum Gasteiger partial charge on any atom is 0.288 e. The van der Waals surface area contributed by atoms with Crippen LogP contribution < -0.4 is 4.90 Å². The fourth-order valence-corrected chi connectivity index (χ4v) is 4.99. The lowest BCUT2D eigenvalue weighted by Crippen LogP contribution is -2.53. The first kappa shape index (κ1) is 16.4. The second kappa shape index (κ2) is 6.39. The van der Waals surface area contributed by atoms with Crippen LogP contribution in [-0.2, 0) is 10.8 Å². The predicted octanol–water partition coefficient (Wildman–Crippen LogP) is 2.88. The van der Waals surface area contributed by atoms with Crippen molar-refractivity contribution in [2.75, 3.05) is 23.7 Å². The number of nitro groups is 1. The first-order valence-corrected chi connectivity index (χ1v) is 8.98. The first-order chi connectivity index (χ1) is 9.93. The molecule has 1 saturated heterocycles. The number of rotatable bonds is 4. The highest BCUT2D eigenvalue weighted by Crippen LogP contribution is 2.34. The molecular formula is C13H18BrN3O3S. The predicted molar refractivity (Wildman–Crippen MR) is 87.1 cm³/mol. The smallest absolute Gasteiger partial charge is 0.288 e. The summed E-state index contributed by atoms with van der Waals surface area (Å²) in [4.78, 5) is 16.6. The average molecular weight is 376 g/mol. The Hall–Kier alpha value is -1.02. The normalized spacial score (nSPS) is 21.3. The standard InChI is InChI=1S/C13H18BrN3O3S/c1-3-13(4-2)9-16(5-6-21(13)20)12-11(14)7-10(8-15-12)17(18)19/h7-8H,3-6,9H2,1-2H3. The van der Waals surface area contributed by atoms with Gasteiger partial charge in [0.1, 0.15) is 12.0 Å². The van der Waals surface area contributed by atoms with E-state index in [-0.39, 0.29) is 10.4 Å². The largest absolute Gasteiger partial charge is 0.353 e. The lowest BCUT2D eigenvalue weighted by atomic mass is 10.0. The van der Waals surface area contributed by atoms with E-state index in [1.54, 1.807) is 0 Å². The van der Waals surface area contributed by atoms with Gasteiger partial charge in [0.15, 0.2) is 0 Å². The van der Waals surface area contributed by atoms with Gasteiger partial charge >= 0.3 is 0 Å². The third kappa shape index (κ3) is 3.11. The number of hydrogen-bond acceptors (Lipinski definition) is 5. The van der Waals surface area contributed by atoms with Gasteiger partial charge in [-0.15, -0.1) is 0 Å². The van der Waals surface area contributed by atoms with Crippen molar-refractivity contribution in [3.05, 3.63) is 26.9 Å². The van der Waals surface area contributed by atoms with Crippen molar-refractivity contribution >= 4 is 38.2 Å². The number of nitrogens with zero attached hydrogens (tertiary/aromatic N) is 3. The van der Waals surface area contributed by atoms with Gasteiger partial charge in [-0.1, -0.05) is 13.8 Å². The molecule has 1 aromatic heterocycles. The SMILES string of the molecule is CCC1(CC)CN(c2ncc([N+](=O)[O-])cc2Br)CCS1=O. The third-order valence-electron chi connectivity index (χ3n) is 4.11. The molecule has 2 rings (SSSR count). The molecule has 8 heteroatoms. The molecule has 0 spiro atoms. The van der Waals surface area contributed by atoms with Crippen LogP contribution in [0.2, 0.25) is 0 Å². The number of pyridine rings is 1. The Bertz CT molecular complexity index is 578. The van der Waals surface area contributed by atoms with Crippen molar-refractivity contribution in [2.45, 2.75) is 31.4 Å². The molecular weight excluding hydrogens is 358 g/mol. The van der Waals surface area contributed by atoms with Crippen LogP contribution in [0.5, 0.6) is 0 Å². The number of aromatic nitrogens is 1. The molecule has 1 fully saturated rings. The first-order valence-electron chi connectivity index (χ1n) is 6.87. The van der Waals surface area contributed by atoms with E-state index < -0.39 is 15.7 Å². The van der Waals surface area contributed by atoms with E-state index >= 15 is 0 Å². The van der Waals surface area contributed by atoms with Gasteiger partial charge in [0.05, 0.1) is 14.1 Å². The van der Waals surface area contributed by atoms with Crippen molar-refractivity contribution in [3.63, 3.8) is 0 Å². The maximum absolute atomic E-state index is 12.3. The maximum atomic E-state index is 12.3. The average Bonchev–Trinajstić information content (AvgIpc) is 2.48. The molecule has 1 unspecified atom stereocenters. The van der Waals surface area contributed by atoms with Crippen molar-refractivity contribution in [3.8, 4) is 0 Å². The summed E-state index contributed by atoms with van der Waals surface area (Å²) in [5.74, 6) is 1.29. The monoisotopic (exact) mass is 375 g/mol. The van der Waals surface area contributed by atoms with Gasteiger partial charge in [-0.3, -0.25) is 14.3 Å². The zero-order valence-electron chi connectivity index (χ0n) is 12.0. The van der Waals surface area contributed by atoms with Crippen LogP contribution in [0.3, 0.4) is 0 Å². The fraction of sp³-hybridized carbons (Fsp3) is 0.615. The van der Waals surface area contributed by atoms with Crippen LogP contribution in [0.1, 0.15) is 26.7 Å². The molecule has 0 N–H and O–H groups in total. The van der Waals surface area contributed by atoms with Crippen LogP contribution in [0.25, 0.3) is 0 Å². The van der Waals surface area contributed by atoms with E-state index in [0.717, 1.165) is 12.8 Å². The van der Waals surface area contributed by atoms with Crippen molar-refractivity contribution < 1.29 is 9.13 Å². The van der Waals surface area contributed by atoms with Crippen LogP contribution in [0.4, 0.5) is 11.5 Å². The summed E-state index contributed by atoms with van der Waals surface area (Å²) < 4.78 is 12.7. The molecule has 1 aliphatic rings. The highest BCUT2D eigenvalue weighted by Gasteiger charge is 2.39. The van der Waals surface area contributed by atoms with Gasteiger partial charge < -0.3 is 4.90 Å². The molecule has 0 amide bonds. The zero-order valence-corrected chi connectivity index (χ0v) is 14.4. The van der Waals surface area contributed by atoms with E-state index in [9.17, 15) is 14.3 Å². The van der Waals surface area contributed by atoms with Gasteiger partial charge in [0, 0.05) is 35.7 Å². The highest BCUT2D eigenvalue weighted by molar-refractivity contribution is 9.10.